The Morgan fingerprint density at radius 1 is 1.22 bits per heavy atom. The van der Waals surface area contributed by atoms with E-state index < -0.39 is 23.2 Å². The fourth-order valence-corrected chi connectivity index (χ4v) is 3.28. The van der Waals surface area contributed by atoms with Crippen LogP contribution in [-0.2, 0) is 13.5 Å². The van der Waals surface area contributed by atoms with Gasteiger partial charge in [0.15, 0.2) is 0 Å². The molecule has 0 saturated heterocycles. The lowest BCUT2D eigenvalue weighted by molar-refractivity contribution is 0.102. The van der Waals surface area contributed by atoms with E-state index in [9.17, 15) is 14.0 Å². The third-order valence-corrected chi connectivity index (χ3v) is 5.18. The largest absolute Gasteiger partial charge is 0.493 e. The zero-order valence-corrected chi connectivity index (χ0v) is 18.7. The normalized spacial score (nSPS) is 10.9. The average molecular weight is 465 g/mol. The summed E-state index contributed by atoms with van der Waals surface area (Å²) in [7, 11) is 1.54. The third kappa shape index (κ3) is 4.67. The molecule has 1 N–H and O–H groups in total. The van der Waals surface area contributed by atoms with Gasteiger partial charge in [-0.15, -0.1) is 5.10 Å². The number of para-hydroxylation sites is 1. The predicted molar refractivity (Wildman–Crippen MR) is 118 cm³/mol. The summed E-state index contributed by atoms with van der Waals surface area (Å²) in [6.45, 7) is 4.05. The maximum atomic E-state index is 15.0. The summed E-state index contributed by atoms with van der Waals surface area (Å²) in [5, 5.41) is 6.53. The highest BCUT2D eigenvalue weighted by atomic mass is 35.5. The van der Waals surface area contributed by atoms with E-state index in [2.05, 4.69) is 10.4 Å². The zero-order chi connectivity index (χ0) is 23.4. The van der Waals surface area contributed by atoms with Gasteiger partial charge in [-0.3, -0.25) is 9.36 Å². The number of ether oxygens (including phenoxy) is 1. The maximum absolute atomic E-state index is 15.0. The van der Waals surface area contributed by atoms with Gasteiger partial charge < -0.3 is 10.1 Å². The smallest absolute Gasteiger partial charge is 0.350 e. The molecular weight excluding hydrogens is 442 g/mol. The van der Waals surface area contributed by atoms with Crippen molar-refractivity contribution in [2.24, 2.45) is 7.05 Å². The van der Waals surface area contributed by atoms with E-state index in [4.69, 9.17) is 16.3 Å². The monoisotopic (exact) mass is 464 g/mol. The molecule has 32 heavy (non-hydrogen) atoms. The number of nitrogens with zero attached hydrogens (tertiary/aromatic N) is 3. The Morgan fingerprint density at radius 3 is 2.59 bits per heavy atom. The summed E-state index contributed by atoms with van der Waals surface area (Å²) in [5.74, 6) is -1.89. The molecule has 0 spiro atoms. The van der Waals surface area contributed by atoms with Gasteiger partial charge in [-0.05, 0) is 24.6 Å². The van der Waals surface area contributed by atoms with Crippen LogP contribution in [0.5, 0.6) is 5.75 Å². The number of halogens is 3. The zero-order valence-electron chi connectivity index (χ0n) is 17.9. The first-order valence-electron chi connectivity index (χ1n) is 10.1. The van der Waals surface area contributed by atoms with Crippen LogP contribution in [0.25, 0.3) is 5.69 Å². The van der Waals surface area contributed by atoms with Crippen molar-refractivity contribution in [3.05, 3.63) is 68.9 Å². The van der Waals surface area contributed by atoms with E-state index in [1.165, 1.54) is 22.8 Å². The van der Waals surface area contributed by atoms with E-state index in [1.807, 2.05) is 13.8 Å². The topological polar surface area (TPSA) is 78.2 Å². The van der Waals surface area contributed by atoms with E-state index >= 15 is 4.39 Å². The number of benzene rings is 2. The van der Waals surface area contributed by atoms with Crippen molar-refractivity contribution in [3.63, 3.8) is 0 Å². The Balaban J connectivity index is 2.07. The summed E-state index contributed by atoms with van der Waals surface area (Å²) >= 11 is 5.98. The first-order chi connectivity index (χ1) is 15.3. The van der Waals surface area contributed by atoms with Gasteiger partial charge in [-0.25, -0.2) is 13.6 Å². The number of nitrogens with one attached hydrogen (secondary N) is 1. The minimum Gasteiger partial charge on any atom is -0.493 e. The lowest BCUT2D eigenvalue weighted by atomic mass is 10.1. The van der Waals surface area contributed by atoms with Crippen molar-refractivity contribution in [1.29, 1.82) is 0 Å². The average Bonchev–Trinajstić information content (AvgIpc) is 3.05. The highest BCUT2D eigenvalue weighted by Gasteiger charge is 2.22. The van der Waals surface area contributed by atoms with Crippen LogP contribution in [0.4, 0.5) is 14.5 Å². The molecule has 0 aliphatic rings. The van der Waals surface area contributed by atoms with E-state index in [0.717, 1.165) is 23.2 Å². The number of anilines is 1. The molecule has 10 heteroatoms. The summed E-state index contributed by atoms with van der Waals surface area (Å²) < 4.78 is 37.1. The number of hydrogen-bond donors (Lipinski definition) is 1. The Morgan fingerprint density at radius 2 is 1.97 bits per heavy atom. The second-order valence-corrected chi connectivity index (χ2v) is 7.48. The van der Waals surface area contributed by atoms with Gasteiger partial charge in [0, 0.05) is 19.5 Å². The van der Waals surface area contributed by atoms with Gasteiger partial charge in [0.1, 0.15) is 28.9 Å². The van der Waals surface area contributed by atoms with Gasteiger partial charge in [0.2, 0.25) is 0 Å². The van der Waals surface area contributed by atoms with Crippen LogP contribution in [0.2, 0.25) is 5.02 Å². The van der Waals surface area contributed by atoms with Crippen LogP contribution in [-0.4, -0.2) is 26.9 Å². The molecule has 1 heterocycles. The molecule has 2 aromatic carbocycles. The Labute approximate surface area is 188 Å². The van der Waals surface area contributed by atoms with Crippen molar-refractivity contribution in [1.82, 2.24) is 14.3 Å². The molecule has 3 rings (SSSR count). The van der Waals surface area contributed by atoms with Crippen LogP contribution in [0, 0.1) is 11.6 Å². The molecule has 0 fully saturated rings. The standard InChI is InChI=1S/C22H23ClF2N4O3/c1-4-6-10-32-18-12-17(29-22(31)28(3)19(5-2)27-29)16(25)11-13(18)21(30)26-20-14(23)8-7-9-15(20)24/h7-9,11-12H,4-6,10H2,1-3H3,(H,26,30). The van der Waals surface area contributed by atoms with E-state index in [-0.39, 0.29) is 34.3 Å². The van der Waals surface area contributed by atoms with Crippen molar-refractivity contribution >= 4 is 23.2 Å². The number of aryl methyl sites for hydroxylation is 1. The molecule has 0 saturated carbocycles. The summed E-state index contributed by atoms with van der Waals surface area (Å²) in [6.07, 6.45) is 2.00. The van der Waals surface area contributed by atoms with Gasteiger partial charge in [-0.2, -0.15) is 4.68 Å². The minimum atomic E-state index is -0.861. The molecule has 0 radical (unpaired) electrons. The maximum Gasteiger partial charge on any atom is 0.350 e. The van der Waals surface area contributed by atoms with Gasteiger partial charge in [0.05, 0.1) is 22.9 Å². The Hall–Kier alpha value is -3.20. The van der Waals surface area contributed by atoms with Gasteiger partial charge in [0.25, 0.3) is 5.91 Å². The molecule has 3 aromatic rings. The van der Waals surface area contributed by atoms with Gasteiger partial charge in [-0.1, -0.05) is 37.9 Å². The summed E-state index contributed by atoms with van der Waals surface area (Å²) in [6, 6.07) is 6.14. The number of rotatable bonds is 8. The summed E-state index contributed by atoms with van der Waals surface area (Å²) in [5.41, 5.74) is -1.08. The molecule has 0 bridgehead atoms. The number of carbonyl (C=O) groups excluding carboxylic acids is 1. The predicted octanol–water partition coefficient (Wildman–Crippen LogP) is 4.50. The van der Waals surface area contributed by atoms with Crippen LogP contribution in [0.3, 0.4) is 0 Å². The van der Waals surface area contributed by atoms with Crippen LogP contribution in [0.15, 0.2) is 35.1 Å². The first-order valence-corrected chi connectivity index (χ1v) is 10.5. The quantitative estimate of drug-likeness (QED) is 0.498. The van der Waals surface area contributed by atoms with Crippen molar-refractivity contribution in [2.75, 3.05) is 11.9 Å². The fraction of sp³-hybridized carbons (Fsp3) is 0.318. The lowest BCUT2D eigenvalue weighted by Gasteiger charge is -2.15. The molecule has 1 amide bonds. The Kier molecular flexibility index (Phi) is 7.29. The highest BCUT2D eigenvalue weighted by Crippen LogP contribution is 2.29. The molecule has 0 unspecified atom stereocenters. The second kappa shape index (κ2) is 9.95. The molecule has 0 aliphatic carbocycles. The highest BCUT2D eigenvalue weighted by molar-refractivity contribution is 6.34. The number of aromatic nitrogens is 3. The number of hydrogen-bond acceptors (Lipinski definition) is 4. The molecule has 170 valence electrons. The molecule has 0 atom stereocenters. The van der Waals surface area contributed by atoms with Crippen LogP contribution in [0.1, 0.15) is 42.9 Å². The van der Waals surface area contributed by atoms with Crippen LogP contribution < -0.4 is 15.7 Å². The van der Waals surface area contributed by atoms with E-state index in [1.54, 1.807) is 7.05 Å². The molecule has 7 nitrogen and oxygen atoms in total. The number of unbranched alkanes of at least 4 members (excludes halogenated alkanes) is 1. The second-order valence-electron chi connectivity index (χ2n) is 7.08. The molecule has 0 aliphatic heterocycles. The van der Waals surface area contributed by atoms with Crippen molar-refractivity contribution in [3.8, 4) is 11.4 Å². The number of carbonyl (C=O) groups is 1. The lowest BCUT2D eigenvalue weighted by Crippen LogP contribution is -2.23. The molecular formula is C22H23ClF2N4O3. The molecule has 1 aromatic heterocycles. The van der Waals surface area contributed by atoms with Crippen molar-refractivity contribution in [2.45, 2.75) is 33.1 Å². The van der Waals surface area contributed by atoms with Gasteiger partial charge >= 0.3 is 5.69 Å². The summed E-state index contributed by atoms with van der Waals surface area (Å²) in [4.78, 5) is 25.4. The van der Waals surface area contributed by atoms with E-state index in [0.29, 0.717) is 18.7 Å². The first kappa shape index (κ1) is 23.5. The van der Waals surface area contributed by atoms with Crippen molar-refractivity contribution < 1.29 is 18.3 Å². The number of amides is 1. The Bertz CT molecular complexity index is 1190. The SMILES string of the molecule is CCCCOc1cc(-n2nc(CC)n(C)c2=O)c(F)cc1C(=O)Nc1c(F)cccc1Cl. The fourth-order valence-electron chi connectivity index (χ4n) is 3.07. The van der Waals surface area contributed by atoms with Crippen LogP contribution >= 0.6 is 11.6 Å². The third-order valence-electron chi connectivity index (χ3n) is 4.87. The minimum absolute atomic E-state index is 0.00368.